The molecule has 0 aromatic carbocycles. The van der Waals surface area contributed by atoms with Gasteiger partial charge in [-0.05, 0) is 12.5 Å². The molecule has 0 radical (unpaired) electrons. The molecule has 7 heteroatoms. The number of aromatic nitrogens is 4. The van der Waals surface area contributed by atoms with Crippen molar-refractivity contribution in [3.8, 4) is 0 Å². The SMILES string of the molecule is CCCN(C)c1ncn(Cc2cccnc2Cl)c(=O)n1. The Balaban J connectivity index is 2.23. The average molecular weight is 294 g/mol. The smallest absolute Gasteiger partial charge is 0.344 e. The molecule has 0 saturated carbocycles. The van der Waals surface area contributed by atoms with Crippen LogP contribution in [0.3, 0.4) is 0 Å². The van der Waals surface area contributed by atoms with E-state index in [1.807, 2.05) is 18.0 Å². The lowest BCUT2D eigenvalue weighted by Crippen LogP contribution is -2.29. The third-order valence-corrected chi connectivity index (χ3v) is 3.17. The van der Waals surface area contributed by atoms with Gasteiger partial charge in [0.25, 0.3) is 0 Å². The third-order valence-electron chi connectivity index (χ3n) is 2.83. The number of rotatable bonds is 5. The van der Waals surface area contributed by atoms with Gasteiger partial charge in [0.05, 0.1) is 6.54 Å². The molecule has 0 unspecified atom stereocenters. The first-order valence-electron chi connectivity index (χ1n) is 6.36. The van der Waals surface area contributed by atoms with E-state index in [9.17, 15) is 4.79 Å². The summed E-state index contributed by atoms with van der Waals surface area (Å²) in [6.45, 7) is 3.17. The molecule has 6 nitrogen and oxygen atoms in total. The van der Waals surface area contributed by atoms with Crippen molar-refractivity contribution in [1.29, 1.82) is 0 Å². The van der Waals surface area contributed by atoms with E-state index in [0.717, 1.165) is 18.5 Å². The van der Waals surface area contributed by atoms with Crippen molar-refractivity contribution >= 4 is 17.5 Å². The second-order valence-electron chi connectivity index (χ2n) is 4.44. The minimum Gasteiger partial charge on any atom is -0.344 e. The van der Waals surface area contributed by atoms with Crippen LogP contribution < -0.4 is 10.6 Å². The van der Waals surface area contributed by atoms with Crippen LogP contribution in [0, 0.1) is 0 Å². The van der Waals surface area contributed by atoms with Crippen molar-refractivity contribution < 1.29 is 0 Å². The third kappa shape index (κ3) is 3.33. The maximum absolute atomic E-state index is 12.0. The Morgan fingerprint density at radius 2 is 2.20 bits per heavy atom. The molecule has 0 amide bonds. The highest BCUT2D eigenvalue weighted by Crippen LogP contribution is 2.12. The van der Waals surface area contributed by atoms with Crippen LogP contribution in [0.15, 0.2) is 29.5 Å². The van der Waals surface area contributed by atoms with Gasteiger partial charge in [0.1, 0.15) is 11.5 Å². The average Bonchev–Trinajstić information content (AvgIpc) is 2.43. The van der Waals surface area contributed by atoms with Gasteiger partial charge in [-0.15, -0.1) is 0 Å². The van der Waals surface area contributed by atoms with Crippen LogP contribution in [-0.2, 0) is 6.54 Å². The number of hydrogen-bond donors (Lipinski definition) is 0. The summed E-state index contributed by atoms with van der Waals surface area (Å²) in [6.07, 6.45) is 4.06. The Morgan fingerprint density at radius 3 is 2.85 bits per heavy atom. The van der Waals surface area contributed by atoms with Gasteiger partial charge < -0.3 is 4.90 Å². The van der Waals surface area contributed by atoms with Crippen LogP contribution in [0.25, 0.3) is 0 Å². The lowest BCUT2D eigenvalue weighted by atomic mass is 10.3. The molecular formula is C13H16ClN5O. The van der Waals surface area contributed by atoms with Gasteiger partial charge >= 0.3 is 5.69 Å². The molecule has 0 bridgehead atoms. The zero-order valence-corrected chi connectivity index (χ0v) is 12.2. The van der Waals surface area contributed by atoms with E-state index in [-0.39, 0.29) is 5.69 Å². The Labute approximate surface area is 122 Å². The topological polar surface area (TPSA) is 63.9 Å². The van der Waals surface area contributed by atoms with E-state index in [1.54, 1.807) is 12.3 Å². The second kappa shape index (κ2) is 6.47. The van der Waals surface area contributed by atoms with Gasteiger partial charge in [0.2, 0.25) is 5.95 Å². The van der Waals surface area contributed by atoms with Gasteiger partial charge in [-0.25, -0.2) is 14.8 Å². The van der Waals surface area contributed by atoms with Crippen molar-refractivity contribution in [2.24, 2.45) is 0 Å². The van der Waals surface area contributed by atoms with E-state index >= 15 is 0 Å². The van der Waals surface area contributed by atoms with E-state index in [0.29, 0.717) is 17.6 Å². The number of hydrogen-bond acceptors (Lipinski definition) is 5. The van der Waals surface area contributed by atoms with Crippen LogP contribution in [0.4, 0.5) is 5.95 Å². The fraction of sp³-hybridized carbons (Fsp3) is 0.385. The van der Waals surface area contributed by atoms with Crippen molar-refractivity contribution in [2.45, 2.75) is 19.9 Å². The number of pyridine rings is 1. The summed E-state index contributed by atoms with van der Waals surface area (Å²) in [4.78, 5) is 26.0. The minimum atomic E-state index is -0.349. The van der Waals surface area contributed by atoms with Crippen molar-refractivity contribution in [3.63, 3.8) is 0 Å². The lowest BCUT2D eigenvalue weighted by Gasteiger charge is -2.15. The quantitative estimate of drug-likeness (QED) is 0.783. The summed E-state index contributed by atoms with van der Waals surface area (Å²) >= 11 is 5.97. The molecule has 0 atom stereocenters. The van der Waals surface area contributed by atoms with Gasteiger partial charge in [-0.3, -0.25) is 4.57 Å². The van der Waals surface area contributed by atoms with E-state index in [1.165, 1.54) is 10.9 Å². The molecule has 20 heavy (non-hydrogen) atoms. The van der Waals surface area contributed by atoms with Crippen molar-refractivity contribution in [2.75, 3.05) is 18.5 Å². The summed E-state index contributed by atoms with van der Waals surface area (Å²) in [7, 11) is 1.86. The normalized spacial score (nSPS) is 10.6. The predicted octanol–water partition coefficient (Wildman–Crippen LogP) is 1.58. The molecule has 2 rings (SSSR count). The van der Waals surface area contributed by atoms with Crippen LogP contribution in [0.2, 0.25) is 5.15 Å². The summed E-state index contributed by atoms with van der Waals surface area (Å²) in [5.41, 5.74) is 0.410. The Morgan fingerprint density at radius 1 is 1.40 bits per heavy atom. The fourth-order valence-electron chi connectivity index (χ4n) is 1.80. The molecule has 0 spiro atoms. The summed E-state index contributed by atoms with van der Waals surface area (Å²) < 4.78 is 1.41. The van der Waals surface area contributed by atoms with Crippen LogP contribution >= 0.6 is 11.6 Å². The van der Waals surface area contributed by atoms with Gasteiger partial charge in [-0.1, -0.05) is 24.6 Å². The fourth-order valence-corrected chi connectivity index (χ4v) is 1.98. The second-order valence-corrected chi connectivity index (χ2v) is 4.80. The summed E-state index contributed by atoms with van der Waals surface area (Å²) in [6, 6.07) is 3.59. The van der Waals surface area contributed by atoms with Crippen molar-refractivity contribution in [1.82, 2.24) is 19.5 Å². The summed E-state index contributed by atoms with van der Waals surface area (Å²) in [5.74, 6) is 0.436. The van der Waals surface area contributed by atoms with Gasteiger partial charge in [0.15, 0.2) is 0 Å². The van der Waals surface area contributed by atoms with E-state index in [4.69, 9.17) is 11.6 Å². The van der Waals surface area contributed by atoms with Crippen LogP contribution in [0.5, 0.6) is 0 Å². The van der Waals surface area contributed by atoms with Gasteiger partial charge in [-0.2, -0.15) is 4.98 Å². The predicted molar refractivity (Wildman–Crippen MR) is 78.2 cm³/mol. The maximum Gasteiger partial charge on any atom is 0.352 e. The molecule has 0 fully saturated rings. The van der Waals surface area contributed by atoms with Crippen LogP contribution in [-0.4, -0.2) is 33.1 Å². The molecule has 0 N–H and O–H groups in total. The molecule has 0 saturated heterocycles. The van der Waals surface area contributed by atoms with Crippen LogP contribution in [0.1, 0.15) is 18.9 Å². The lowest BCUT2D eigenvalue weighted by molar-refractivity contribution is 0.685. The Kier molecular flexibility index (Phi) is 4.68. The monoisotopic (exact) mass is 293 g/mol. The Bertz CT molecular complexity index is 643. The number of halogens is 1. The van der Waals surface area contributed by atoms with E-state index in [2.05, 4.69) is 21.9 Å². The molecule has 2 heterocycles. The largest absolute Gasteiger partial charge is 0.352 e. The zero-order chi connectivity index (χ0) is 14.5. The first-order chi connectivity index (χ1) is 9.61. The van der Waals surface area contributed by atoms with Gasteiger partial charge in [0, 0.05) is 25.4 Å². The molecule has 0 aliphatic heterocycles. The first kappa shape index (κ1) is 14.5. The number of nitrogens with zero attached hydrogens (tertiary/aromatic N) is 5. The standard InChI is InChI=1S/C13H16ClN5O/c1-3-7-18(2)12-16-9-19(13(20)17-12)8-10-5-4-6-15-11(10)14/h4-6,9H,3,7-8H2,1-2H3. The minimum absolute atomic E-state index is 0.309. The zero-order valence-electron chi connectivity index (χ0n) is 11.5. The highest BCUT2D eigenvalue weighted by atomic mass is 35.5. The summed E-state index contributed by atoms with van der Waals surface area (Å²) in [5, 5.41) is 0.381. The van der Waals surface area contributed by atoms with Crippen molar-refractivity contribution in [3.05, 3.63) is 45.9 Å². The highest BCUT2D eigenvalue weighted by Gasteiger charge is 2.08. The molecular weight excluding hydrogens is 278 g/mol. The molecule has 2 aromatic rings. The molecule has 0 aliphatic rings. The number of anilines is 1. The molecule has 0 aliphatic carbocycles. The first-order valence-corrected chi connectivity index (χ1v) is 6.73. The van der Waals surface area contributed by atoms with E-state index < -0.39 is 0 Å². The molecule has 106 valence electrons. The Hall–Kier alpha value is -1.95. The highest BCUT2D eigenvalue weighted by molar-refractivity contribution is 6.30. The maximum atomic E-state index is 12.0. The molecule has 2 aromatic heterocycles.